The predicted octanol–water partition coefficient (Wildman–Crippen LogP) is 3.36. The van der Waals surface area contributed by atoms with Crippen molar-refractivity contribution in [3.05, 3.63) is 60.3 Å². The summed E-state index contributed by atoms with van der Waals surface area (Å²) in [4.78, 5) is 20.1. The summed E-state index contributed by atoms with van der Waals surface area (Å²) >= 11 is 0. The van der Waals surface area contributed by atoms with Gasteiger partial charge in [-0.2, -0.15) is 5.10 Å². The summed E-state index contributed by atoms with van der Waals surface area (Å²) < 4.78 is 21.2. The number of aromatic nitrogens is 4. The number of nitrogens with zero attached hydrogens (tertiary/aromatic N) is 3. The summed E-state index contributed by atoms with van der Waals surface area (Å²) in [7, 11) is 0. The number of ether oxygens (including phenoxy) is 1. The van der Waals surface area contributed by atoms with Crippen LogP contribution in [0.5, 0.6) is 0 Å². The summed E-state index contributed by atoms with van der Waals surface area (Å²) in [6.45, 7) is 1.42. The van der Waals surface area contributed by atoms with Gasteiger partial charge in [0, 0.05) is 35.6 Å². The van der Waals surface area contributed by atoms with E-state index in [1.165, 1.54) is 24.4 Å². The van der Waals surface area contributed by atoms with Gasteiger partial charge in [0.15, 0.2) is 0 Å². The highest BCUT2D eigenvalue weighted by Crippen LogP contribution is 2.26. The summed E-state index contributed by atoms with van der Waals surface area (Å²) in [6, 6.07) is 7.89. The number of aromatic amines is 1. The number of carbonyl (C=O) groups is 1. The monoisotopic (exact) mass is 406 g/mol. The van der Waals surface area contributed by atoms with E-state index in [9.17, 15) is 9.18 Å². The van der Waals surface area contributed by atoms with Crippen molar-refractivity contribution >= 4 is 28.3 Å². The number of halogens is 1. The molecule has 1 aliphatic heterocycles. The number of hydrogen-bond donors (Lipinski definition) is 3. The van der Waals surface area contributed by atoms with E-state index >= 15 is 0 Å². The van der Waals surface area contributed by atoms with E-state index in [2.05, 4.69) is 20.4 Å². The molecule has 5 rings (SSSR count). The Bertz CT molecular complexity index is 1240. The lowest BCUT2D eigenvalue weighted by Gasteiger charge is -2.07. The molecule has 4 heterocycles. The van der Waals surface area contributed by atoms with E-state index in [1.54, 1.807) is 12.3 Å². The predicted molar refractivity (Wildman–Crippen MR) is 111 cm³/mol. The van der Waals surface area contributed by atoms with Crippen LogP contribution in [0.25, 0.3) is 22.3 Å². The average molecular weight is 406 g/mol. The molecule has 0 spiro atoms. The number of rotatable bonds is 4. The Labute approximate surface area is 170 Å². The Kier molecular flexibility index (Phi) is 4.44. The third-order valence-corrected chi connectivity index (χ3v) is 5.16. The van der Waals surface area contributed by atoms with Crippen molar-refractivity contribution in [2.75, 3.05) is 24.3 Å². The number of nitrogens with one attached hydrogen (secondary N) is 2. The minimum absolute atomic E-state index is 0.0261. The van der Waals surface area contributed by atoms with E-state index in [-0.39, 0.29) is 11.7 Å². The molecule has 4 N–H and O–H groups in total. The molecular formula is C21H19FN6O2. The Balaban J connectivity index is 1.40. The third kappa shape index (κ3) is 3.39. The first-order chi connectivity index (χ1) is 14.6. The Hall–Kier alpha value is -3.72. The van der Waals surface area contributed by atoms with Gasteiger partial charge < -0.3 is 20.8 Å². The third-order valence-electron chi connectivity index (χ3n) is 5.16. The van der Waals surface area contributed by atoms with Crippen LogP contribution in [0.15, 0.2) is 48.9 Å². The largest absolute Gasteiger partial charge is 0.399 e. The average Bonchev–Trinajstić information content (AvgIpc) is 3.49. The number of nitrogens with two attached hydrogens (primary N) is 1. The number of nitrogen functional groups attached to an aromatic ring is 1. The molecule has 0 saturated carbocycles. The minimum atomic E-state index is -0.555. The fraction of sp³-hybridized carbons (Fsp3) is 0.190. The highest BCUT2D eigenvalue weighted by atomic mass is 19.1. The van der Waals surface area contributed by atoms with Gasteiger partial charge in [0.25, 0.3) is 5.91 Å². The molecule has 9 heteroatoms. The lowest BCUT2D eigenvalue weighted by molar-refractivity contribution is 0.102. The molecule has 1 fully saturated rings. The van der Waals surface area contributed by atoms with Crippen LogP contribution in [-0.2, 0) is 4.74 Å². The van der Waals surface area contributed by atoms with Gasteiger partial charge in [-0.3, -0.25) is 9.48 Å². The number of fused-ring (bicyclic) bond motifs is 1. The lowest BCUT2D eigenvalue weighted by Crippen LogP contribution is -2.13. The molecule has 1 aliphatic rings. The van der Waals surface area contributed by atoms with Gasteiger partial charge in [-0.15, -0.1) is 0 Å². The van der Waals surface area contributed by atoms with Crippen LogP contribution in [0.1, 0.15) is 22.8 Å². The van der Waals surface area contributed by atoms with E-state index in [4.69, 9.17) is 10.5 Å². The van der Waals surface area contributed by atoms with Crippen LogP contribution >= 0.6 is 0 Å². The van der Waals surface area contributed by atoms with Gasteiger partial charge in [-0.05, 0) is 36.8 Å². The molecule has 8 nitrogen and oxygen atoms in total. The van der Waals surface area contributed by atoms with Crippen molar-refractivity contribution in [3.63, 3.8) is 0 Å². The van der Waals surface area contributed by atoms with Crippen molar-refractivity contribution in [1.29, 1.82) is 0 Å². The normalized spacial score (nSPS) is 16.2. The van der Waals surface area contributed by atoms with Gasteiger partial charge in [0.2, 0.25) is 0 Å². The second-order valence-electron chi connectivity index (χ2n) is 7.26. The first-order valence-electron chi connectivity index (χ1n) is 9.54. The van der Waals surface area contributed by atoms with E-state index in [0.29, 0.717) is 23.5 Å². The molecule has 0 aliphatic carbocycles. The van der Waals surface area contributed by atoms with Crippen molar-refractivity contribution < 1.29 is 13.9 Å². The molecule has 1 aromatic carbocycles. The highest BCUT2D eigenvalue weighted by Gasteiger charge is 2.19. The van der Waals surface area contributed by atoms with E-state index in [1.807, 2.05) is 16.9 Å². The summed E-state index contributed by atoms with van der Waals surface area (Å²) in [5, 5.41) is 7.74. The maximum atomic E-state index is 13.9. The summed E-state index contributed by atoms with van der Waals surface area (Å²) in [6.07, 6.45) is 6.16. The molecule has 1 unspecified atom stereocenters. The number of carbonyl (C=O) groups excluding carboxylic acids is 1. The molecule has 30 heavy (non-hydrogen) atoms. The van der Waals surface area contributed by atoms with Crippen molar-refractivity contribution in [2.24, 2.45) is 0 Å². The van der Waals surface area contributed by atoms with Gasteiger partial charge >= 0.3 is 0 Å². The van der Waals surface area contributed by atoms with Gasteiger partial charge in [-0.1, -0.05) is 0 Å². The first-order valence-corrected chi connectivity index (χ1v) is 9.54. The van der Waals surface area contributed by atoms with E-state index < -0.39 is 11.7 Å². The zero-order chi connectivity index (χ0) is 20.7. The number of benzene rings is 1. The molecule has 0 bridgehead atoms. The molecule has 1 atom stereocenters. The van der Waals surface area contributed by atoms with Crippen molar-refractivity contribution in [2.45, 2.75) is 12.5 Å². The molecular weight excluding hydrogens is 387 g/mol. The molecule has 4 aromatic rings. The first kappa shape index (κ1) is 18.3. The highest BCUT2D eigenvalue weighted by molar-refractivity contribution is 6.06. The van der Waals surface area contributed by atoms with Crippen LogP contribution in [-0.4, -0.2) is 38.9 Å². The quantitative estimate of drug-likeness (QED) is 0.450. The number of anilines is 2. The van der Waals surface area contributed by atoms with Gasteiger partial charge in [0.05, 0.1) is 35.8 Å². The molecule has 3 aromatic heterocycles. The zero-order valence-electron chi connectivity index (χ0n) is 15.9. The van der Waals surface area contributed by atoms with Gasteiger partial charge in [-0.25, -0.2) is 9.37 Å². The van der Waals surface area contributed by atoms with Crippen molar-refractivity contribution in [3.8, 4) is 11.3 Å². The summed E-state index contributed by atoms with van der Waals surface area (Å²) in [5.74, 6) is -1.02. The van der Waals surface area contributed by atoms with Crippen LogP contribution in [0.3, 0.4) is 0 Å². The van der Waals surface area contributed by atoms with Crippen LogP contribution in [0, 0.1) is 5.82 Å². The Morgan fingerprint density at radius 2 is 2.20 bits per heavy atom. The van der Waals surface area contributed by atoms with E-state index in [0.717, 1.165) is 29.7 Å². The number of hydrogen-bond acceptors (Lipinski definition) is 5. The zero-order valence-corrected chi connectivity index (χ0v) is 15.9. The SMILES string of the molecule is Nc1ccc(F)c(NC(=O)c2cnc3[nH]c(-c4cnn(C5CCOC5)c4)cc3c2)c1. The smallest absolute Gasteiger partial charge is 0.257 e. The molecule has 152 valence electrons. The minimum Gasteiger partial charge on any atom is -0.399 e. The van der Waals surface area contributed by atoms with Crippen LogP contribution < -0.4 is 11.1 Å². The standard InChI is InChI=1S/C21H19FN6O2/c22-17-2-1-15(23)7-19(17)27-21(29)13-5-12-6-18(26-20(12)24-8-13)14-9-25-28(10-14)16-3-4-30-11-16/h1-2,5-10,16H,3-4,11,23H2,(H,24,26)(H,27,29). The second-order valence-corrected chi connectivity index (χ2v) is 7.26. The number of amides is 1. The maximum Gasteiger partial charge on any atom is 0.257 e. The lowest BCUT2D eigenvalue weighted by atomic mass is 10.2. The fourth-order valence-electron chi connectivity index (χ4n) is 3.54. The van der Waals surface area contributed by atoms with Crippen molar-refractivity contribution in [1.82, 2.24) is 19.7 Å². The molecule has 1 saturated heterocycles. The summed E-state index contributed by atoms with van der Waals surface area (Å²) in [5.41, 5.74) is 8.79. The molecule has 1 amide bonds. The number of H-pyrrole nitrogens is 1. The van der Waals surface area contributed by atoms with Crippen LogP contribution in [0.4, 0.5) is 15.8 Å². The number of pyridine rings is 1. The molecule has 0 radical (unpaired) electrons. The van der Waals surface area contributed by atoms with Crippen LogP contribution in [0.2, 0.25) is 0 Å². The Morgan fingerprint density at radius 1 is 1.30 bits per heavy atom. The second kappa shape index (κ2) is 7.27. The van der Waals surface area contributed by atoms with Gasteiger partial charge in [0.1, 0.15) is 11.5 Å². The Morgan fingerprint density at radius 3 is 3.03 bits per heavy atom. The fourth-order valence-corrected chi connectivity index (χ4v) is 3.54. The topological polar surface area (TPSA) is 111 Å². The maximum absolute atomic E-state index is 13.9.